The van der Waals surface area contributed by atoms with Gasteiger partial charge in [-0.3, -0.25) is 14.6 Å². The molecule has 0 aromatic rings. The topological polar surface area (TPSA) is 80.7 Å². The molecule has 8 aliphatic rings. The summed E-state index contributed by atoms with van der Waals surface area (Å²) in [6.07, 6.45) is 11.8. The summed E-state index contributed by atoms with van der Waals surface area (Å²) in [6, 6.07) is 1.28. The molecule has 3 aliphatic heterocycles. The second-order valence-electron chi connectivity index (χ2n) is 19.6. The fourth-order valence-electron chi connectivity index (χ4n) is 13.9. The predicted octanol–water partition coefficient (Wildman–Crippen LogP) is 6.03. The average molecular weight is 671 g/mol. The molecule has 0 amide bonds. The molecule has 48 heavy (non-hydrogen) atoms. The van der Waals surface area contributed by atoms with Crippen molar-refractivity contribution >= 4 is 5.97 Å². The molecule has 5 saturated carbocycles. The van der Waals surface area contributed by atoms with E-state index in [4.69, 9.17) is 18.9 Å². The van der Waals surface area contributed by atoms with Crippen LogP contribution in [-0.2, 0) is 23.7 Å². The monoisotopic (exact) mass is 670 g/mol. The number of fused-ring (bicyclic) bond motifs is 4. The first kappa shape index (κ1) is 34.3. The van der Waals surface area contributed by atoms with Crippen LogP contribution in [0.2, 0.25) is 0 Å². The second kappa shape index (κ2) is 11.6. The van der Waals surface area contributed by atoms with Gasteiger partial charge >= 0.3 is 5.97 Å². The van der Waals surface area contributed by atoms with E-state index in [1.807, 2.05) is 0 Å². The highest BCUT2D eigenvalue weighted by molar-refractivity contribution is 5.66. The quantitative estimate of drug-likeness (QED) is 0.329. The fraction of sp³-hybridized carbons (Fsp3) is 0.975. The van der Waals surface area contributed by atoms with Gasteiger partial charge in [0.2, 0.25) is 0 Å². The van der Waals surface area contributed by atoms with Crippen LogP contribution in [0.25, 0.3) is 0 Å². The number of ether oxygens (including phenoxy) is 4. The van der Waals surface area contributed by atoms with Gasteiger partial charge in [0.15, 0.2) is 12.4 Å². The van der Waals surface area contributed by atoms with Crippen LogP contribution in [0, 0.1) is 45.3 Å². The number of hydrogen-bond donors (Lipinski definition) is 1. The minimum absolute atomic E-state index is 0.104. The van der Waals surface area contributed by atoms with Crippen molar-refractivity contribution in [1.82, 2.24) is 9.80 Å². The summed E-state index contributed by atoms with van der Waals surface area (Å²) < 4.78 is 25.9. The number of aliphatic hydroxyl groups is 1. The van der Waals surface area contributed by atoms with Crippen LogP contribution >= 0.6 is 0 Å². The lowest BCUT2D eigenvalue weighted by molar-refractivity contribution is -0.250. The number of morpholine rings is 1. The number of rotatable bonds is 7. The van der Waals surface area contributed by atoms with Gasteiger partial charge in [-0.05, 0) is 137 Å². The molecule has 272 valence electrons. The van der Waals surface area contributed by atoms with Crippen molar-refractivity contribution in [2.75, 3.05) is 32.8 Å². The predicted molar refractivity (Wildman–Crippen MR) is 184 cm³/mol. The van der Waals surface area contributed by atoms with Crippen LogP contribution in [0.4, 0.5) is 0 Å². The van der Waals surface area contributed by atoms with Gasteiger partial charge in [0.1, 0.15) is 0 Å². The first-order valence-electron chi connectivity index (χ1n) is 19.9. The normalized spacial score (nSPS) is 48.0. The Morgan fingerprint density at radius 2 is 1.69 bits per heavy atom. The molecule has 2 spiro atoms. The number of carbonyl (C=O) groups excluding carboxylic acids is 1. The highest BCUT2D eigenvalue weighted by Crippen LogP contribution is 2.87. The van der Waals surface area contributed by atoms with Crippen LogP contribution < -0.4 is 0 Å². The highest BCUT2D eigenvalue weighted by atomic mass is 16.7. The van der Waals surface area contributed by atoms with E-state index in [-0.39, 0.29) is 36.0 Å². The molecule has 3 saturated heterocycles. The molecule has 0 aromatic heterocycles. The van der Waals surface area contributed by atoms with Crippen molar-refractivity contribution in [2.24, 2.45) is 45.3 Å². The average Bonchev–Trinajstić information content (AvgIpc) is 3.56. The van der Waals surface area contributed by atoms with Gasteiger partial charge in [-0.25, -0.2) is 0 Å². The maximum Gasteiger partial charge on any atom is 0.303 e. The largest absolute Gasteiger partial charge is 0.457 e. The lowest BCUT2D eigenvalue weighted by atomic mass is 9.46. The zero-order chi connectivity index (χ0) is 34.0. The molecule has 8 fully saturated rings. The summed E-state index contributed by atoms with van der Waals surface area (Å²) in [5.41, 5.74) is 0.302. The lowest BCUT2D eigenvalue weighted by Gasteiger charge is -2.60. The number of esters is 1. The Morgan fingerprint density at radius 3 is 2.40 bits per heavy atom. The van der Waals surface area contributed by atoms with Gasteiger partial charge in [-0.15, -0.1) is 0 Å². The van der Waals surface area contributed by atoms with E-state index in [1.165, 1.54) is 58.5 Å². The Bertz CT molecular complexity index is 1240. The van der Waals surface area contributed by atoms with Crippen LogP contribution in [-0.4, -0.2) is 102 Å². The zero-order valence-electron chi connectivity index (χ0n) is 31.3. The second-order valence-corrected chi connectivity index (χ2v) is 19.6. The maximum absolute atomic E-state index is 12.0. The maximum atomic E-state index is 12.0. The number of likely N-dealkylation sites (tertiary alicyclic amines) is 1. The van der Waals surface area contributed by atoms with Crippen molar-refractivity contribution in [3.8, 4) is 0 Å². The van der Waals surface area contributed by atoms with Gasteiger partial charge in [0.25, 0.3) is 0 Å². The molecule has 11 unspecified atom stereocenters. The van der Waals surface area contributed by atoms with Gasteiger partial charge in [0.05, 0.1) is 30.5 Å². The van der Waals surface area contributed by atoms with Gasteiger partial charge in [-0.2, -0.15) is 0 Å². The van der Waals surface area contributed by atoms with Crippen LogP contribution in [0.15, 0.2) is 0 Å². The van der Waals surface area contributed by atoms with Crippen molar-refractivity contribution < 1.29 is 28.8 Å². The highest BCUT2D eigenvalue weighted by Gasteiger charge is 2.80. The van der Waals surface area contributed by atoms with E-state index >= 15 is 0 Å². The Labute approximate surface area is 290 Å². The number of hydrogen-bond acceptors (Lipinski definition) is 8. The number of nitrogens with zero attached hydrogens (tertiary/aromatic N) is 2. The molecule has 1 N–H and O–H groups in total. The van der Waals surface area contributed by atoms with Gasteiger partial charge < -0.3 is 24.1 Å². The van der Waals surface area contributed by atoms with Crippen molar-refractivity contribution in [3.63, 3.8) is 0 Å². The Morgan fingerprint density at radius 1 is 0.938 bits per heavy atom. The molecule has 3 heterocycles. The summed E-state index contributed by atoms with van der Waals surface area (Å²) in [7, 11) is 0. The molecular formula is C40H66N2O6. The number of carbonyl (C=O) groups is 1. The summed E-state index contributed by atoms with van der Waals surface area (Å²) in [4.78, 5) is 17.2. The van der Waals surface area contributed by atoms with E-state index in [0.717, 1.165) is 57.2 Å². The fourth-order valence-corrected chi connectivity index (χ4v) is 13.9. The molecular weight excluding hydrogens is 604 g/mol. The van der Waals surface area contributed by atoms with Crippen LogP contribution in [0.5, 0.6) is 0 Å². The van der Waals surface area contributed by atoms with E-state index < -0.39 is 11.7 Å². The van der Waals surface area contributed by atoms with E-state index in [1.54, 1.807) is 13.8 Å². The van der Waals surface area contributed by atoms with Crippen LogP contribution in [0.3, 0.4) is 0 Å². The van der Waals surface area contributed by atoms with E-state index in [0.29, 0.717) is 40.2 Å². The first-order valence-corrected chi connectivity index (χ1v) is 19.9. The summed E-state index contributed by atoms with van der Waals surface area (Å²) in [6.45, 7) is 22.3. The molecule has 5 aliphatic carbocycles. The lowest BCUT2D eigenvalue weighted by Crippen LogP contribution is -2.64. The molecule has 8 rings (SSSR count). The summed E-state index contributed by atoms with van der Waals surface area (Å²) >= 11 is 0. The summed E-state index contributed by atoms with van der Waals surface area (Å²) in [5.74, 6) is 2.42. The minimum atomic E-state index is -1.13. The Hall–Kier alpha value is -0.770. The third-order valence-corrected chi connectivity index (χ3v) is 16.4. The van der Waals surface area contributed by atoms with Crippen molar-refractivity contribution in [3.05, 3.63) is 0 Å². The van der Waals surface area contributed by atoms with Gasteiger partial charge in [0, 0.05) is 45.2 Å². The van der Waals surface area contributed by atoms with Crippen molar-refractivity contribution in [2.45, 2.75) is 168 Å². The molecule has 8 nitrogen and oxygen atoms in total. The Kier molecular flexibility index (Phi) is 8.31. The van der Waals surface area contributed by atoms with Crippen molar-refractivity contribution in [1.29, 1.82) is 0 Å². The molecule has 0 radical (unpaired) electrons. The minimum Gasteiger partial charge on any atom is -0.457 e. The van der Waals surface area contributed by atoms with E-state index in [9.17, 15) is 9.90 Å². The summed E-state index contributed by atoms with van der Waals surface area (Å²) in [5, 5.41) is 10.9. The Balaban J connectivity index is 0.938. The molecule has 12 atom stereocenters. The van der Waals surface area contributed by atoms with Gasteiger partial charge in [-0.1, -0.05) is 20.8 Å². The SMILES string of the molecule is CC(=O)O[C@@H](C1CCC2C(CC3C4CCC5C(C)(C)C(OC6CN(C7CN(C(C)C)C7)CCO6)CCC56CC46CCC23C)O1)C(C)(C)O. The molecule has 8 heteroatoms. The molecule has 0 aromatic carbocycles. The zero-order valence-corrected chi connectivity index (χ0v) is 31.3. The third-order valence-electron chi connectivity index (χ3n) is 16.4. The van der Waals surface area contributed by atoms with E-state index in [2.05, 4.69) is 44.4 Å². The first-order chi connectivity index (χ1) is 22.6. The smallest absolute Gasteiger partial charge is 0.303 e. The molecule has 0 bridgehead atoms. The third kappa shape index (κ3) is 5.14. The van der Waals surface area contributed by atoms with Crippen LogP contribution in [0.1, 0.15) is 120 Å². The standard InChI is InChI=1S/C40H66N2O6/c1-24(2)42-20-26(21-42)41-17-18-45-34(22-41)48-33-13-14-40-23-39(40)16-15-38(8)28-9-11-30(35(37(6,7)44)46-25(3)43)47-31(28)19-29(38)27(39)10-12-32(40)36(33,4)5/h24,26-35,44H,9-23H2,1-8H3/t27?,28?,29?,30?,31?,32?,33?,34?,35-,38?,39?,40?/m0/s1.